The Morgan fingerprint density at radius 3 is 2.55 bits per heavy atom. The van der Waals surface area contributed by atoms with E-state index in [1.54, 1.807) is 12.1 Å². The van der Waals surface area contributed by atoms with E-state index in [2.05, 4.69) is 10.2 Å². The van der Waals surface area contributed by atoms with Gasteiger partial charge in [-0.15, -0.1) is 0 Å². The van der Waals surface area contributed by atoms with Gasteiger partial charge in [0.1, 0.15) is 5.75 Å². The second-order valence-electron chi connectivity index (χ2n) is 7.20. The number of phenolic OH excluding ortho intramolecular Hbond substituents is 1. The molecule has 1 saturated heterocycles. The lowest BCUT2D eigenvalue weighted by Gasteiger charge is -2.28. The van der Waals surface area contributed by atoms with E-state index in [4.69, 9.17) is 14.2 Å². The van der Waals surface area contributed by atoms with Gasteiger partial charge in [-0.1, -0.05) is 0 Å². The number of likely N-dealkylation sites (N-methyl/N-ethyl adjacent to an activating group) is 1. The molecule has 0 spiro atoms. The van der Waals surface area contributed by atoms with Crippen LogP contribution >= 0.6 is 0 Å². The van der Waals surface area contributed by atoms with Gasteiger partial charge in [0.15, 0.2) is 11.5 Å². The number of aromatic hydroxyl groups is 1. The normalized spacial score (nSPS) is 15.6. The van der Waals surface area contributed by atoms with Crippen molar-refractivity contribution in [3.05, 3.63) is 42.0 Å². The molecular formula is C21H25N3O5. The van der Waals surface area contributed by atoms with Gasteiger partial charge in [-0.25, -0.2) is 0 Å². The first-order chi connectivity index (χ1) is 14.1. The van der Waals surface area contributed by atoms with Gasteiger partial charge in [-0.05, 0) is 37.4 Å². The molecule has 0 aliphatic carbocycles. The van der Waals surface area contributed by atoms with Gasteiger partial charge in [-0.2, -0.15) is 0 Å². The van der Waals surface area contributed by atoms with Crippen LogP contribution in [0.25, 0.3) is 0 Å². The largest absolute Gasteiger partial charge is 0.507 e. The summed E-state index contributed by atoms with van der Waals surface area (Å²) in [6.45, 7) is 3.99. The Hall–Kier alpha value is -2.97. The summed E-state index contributed by atoms with van der Waals surface area (Å²) in [5.74, 6) is 1.15. The number of nitrogens with zero attached hydrogens (tertiary/aromatic N) is 2. The molecule has 0 aromatic heterocycles. The van der Waals surface area contributed by atoms with Crippen LogP contribution in [0.15, 0.2) is 36.4 Å². The number of anilines is 2. The number of rotatable bonds is 6. The van der Waals surface area contributed by atoms with Crippen molar-refractivity contribution in [2.45, 2.75) is 6.54 Å². The predicted molar refractivity (Wildman–Crippen MR) is 109 cm³/mol. The lowest BCUT2D eigenvalue weighted by molar-refractivity contribution is -0.117. The van der Waals surface area contributed by atoms with Gasteiger partial charge >= 0.3 is 0 Å². The van der Waals surface area contributed by atoms with Crippen molar-refractivity contribution >= 4 is 17.3 Å². The second kappa shape index (κ2) is 8.59. The van der Waals surface area contributed by atoms with Crippen LogP contribution in [0.3, 0.4) is 0 Å². The van der Waals surface area contributed by atoms with E-state index in [-0.39, 0.29) is 25.0 Å². The Kier molecular flexibility index (Phi) is 5.73. The molecule has 8 nitrogen and oxygen atoms in total. The maximum atomic E-state index is 12.4. The fraction of sp³-hybridized carbons (Fsp3) is 0.381. The van der Waals surface area contributed by atoms with E-state index >= 15 is 0 Å². The first-order valence-electron chi connectivity index (χ1n) is 9.61. The standard InChI is InChI=1S/C21H25N3O5/c1-23(12-15-10-19-20(11-18(15)25)29-14-28-19)13-21(26)22-16-2-4-17(5-3-16)24-6-8-27-9-7-24/h2-5,10-11,25H,6-9,12-14H2,1H3,(H,22,26). The smallest absolute Gasteiger partial charge is 0.238 e. The molecule has 0 bridgehead atoms. The van der Waals surface area contributed by atoms with Gasteiger partial charge in [0.2, 0.25) is 12.7 Å². The summed E-state index contributed by atoms with van der Waals surface area (Å²) in [6.07, 6.45) is 0. The van der Waals surface area contributed by atoms with Crippen LogP contribution in [0.2, 0.25) is 0 Å². The average Bonchev–Trinajstić information content (AvgIpc) is 3.16. The van der Waals surface area contributed by atoms with E-state index in [0.29, 0.717) is 23.6 Å². The molecule has 29 heavy (non-hydrogen) atoms. The highest BCUT2D eigenvalue weighted by Gasteiger charge is 2.18. The third-order valence-corrected chi connectivity index (χ3v) is 4.95. The van der Waals surface area contributed by atoms with E-state index in [9.17, 15) is 9.90 Å². The van der Waals surface area contributed by atoms with Crippen LogP contribution in [-0.2, 0) is 16.1 Å². The van der Waals surface area contributed by atoms with Crippen molar-refractivity contribution < 1.29 is 24.1 Å². The molecule has 2 aromatic carbocycles. The molecule has 8 heteroatoms. The Balaban J connectivity index is 1.30. The number of fused-ring (bicyclic) bond motifs is 1. The Bertz CT molecular complexity index is 865. The molecule has 2 heterocycles. The summed E-state index contributed by atoms with van der Waals surface area (Å²) in [5.41, 5.74) is 2.56. The van der Waals surface area contributed by atoms with Gasteiger partial charge in [0, 0.05) is 42.6 Å². The number of hydrogen-bond acceptors (Lipinski definition) is 7. The van der Waals surface area contributed by atoms with E-state index in [0.717, 1.165) is 37.7 Å². The number of phenols is 1. The second-order valence-corrected chi connectivity index (χ2v) is 7.20. The molecule has 1 fully saturated rings. The third kappa shape index (κ3) is 4.72. The summed E-state index contributed by atoms with van der Waals surface area (Å²) in [4.78, 5) is 16.5. The van der Waals surface area contributed by atoms with Gasteiger partial charge in [-0.3, -0.25) is 9.69 Å². The van der Waals surface area contributed by atoms with E-state index in [1.807, 2.05) is 36.2 Å². The zero-order valence-corrected chi connectivity index (χ0v) is 16.4. The van der Waals surface area contributed by atoms with E-state index in [1.165, 1.54) is 0 Å². The van der Waals surface area contributed by atoms with Crippen LogP contribution in [-0.4, -0.2) is 62.6 Å². The number of hydrogen-bond donors (Lipinski definition) is 2. The summed E-state index contributed by atoms with van der Waals surface area (Å²) in [6, 6.07) is 11.1. The first kappa shape index (κ1) is 19.4. The Morgan fingerprint density at radius 2 is 1.83 bits per heavy atom. The molecular weight excluding hydrogens is 374 g/mol. The molecule has 4 rings (SSSR count). The molecule has 0 radical (unpaired) electrons. The highest BCUT2D eigenvalue weighted by molar-refractivity contribution is 5.92. The summed E-state index contributed by atoms with van der Waals surface area (Å²) >= 11 is 0. The van der Waals surface area contributed by atoms with Gasteiger partial charge < -0.3 is 29.5 Å². The molecule has 0 saturated carbocycles. The minimum Gasteiger partial charge on any atom is -0.507 e. The molecule has 0 atom stereocenters. The number of benzene rings is 2. The molecule has 0 unspecified atom stereocenters. The molecule has 154 valence electrons. The lowest BCUT2D eigenvalue weighted by atomic mass is 10.1. The van der Waals surface area contributed by atoms with Crippen LogP contribution < -0.4 is 19.7 Å². The SMILES string of the molecule is CN(CC(=O)Nc1ccc(N2CCOCC2)cc1)Cc1cc2c(cc1O)OCO2. The Morgan fingerprint density at radius 1 is 1.14 bits per heavy atom. The topological polar surface area (TPSA) is 83.5 Å². The minimum absolute atomic E-state index is 0.119. The van der Waals surface area contributed by atoms with Crippen LogP contribution in [0.4, 0.5) is 11.4 Å². The van der Waals surface area contributed by atoms with Crippen LogP contribution in [0.5, 0.6) is 17.2 Å². The monoisotopic (exact) mass is 399 g/mol. The zero-order chi connectivity index (χ0) is 20.2. The minimum atomic E-state index is -0.119. The van der Waals surface area contributed by atoms with Crippen LogP contribution in [0, 0.1) is 0 Å². The highest BCUT2D eigenvalue weighted by Crippen LogP contribution is 2.37. The number of ether oxygens (including phenoxy) is 3. The van der Waals surface area contributed by atoms with Crippen molar-refractivity contribution in [3.63, 3.8) is 0 Å². The van der Waals surface area contributed by atoms with Gasteiger partial charge in [0.05, 0.1) is 19.8 Å². The van der Waals surface area contributed by atoms with Crippen molar-refractivity contribution in [3.8, 4) is 17.2 Å². The molecule has 2 N–H and O–H groups in total. The van der Waals surface area contributed by atoms with Crippen molar-refractivity contribution in [2.75, 3.05) is 56.9 Å². The third-order valence-electron chi connectivity index (χ3n) is 4.95. The van der Waals surface area contributed by atoms with Crippen LogP contribution in [0.1, 0.15) is 5.56 Å². The maximum absolute atomic E-state index is 12.4. The van der Waals surface area contributed by atoms with E-state index < -0.39 is 0 Å². The molecule has 2 aliphatic rings. The average molecular weight is 399 g/mol. The number of morpholine rings is 1. The fourth-order valence-electron chi connectivity index (χ4n) is 3.47. The fourth-order valence-corrected chi connectivity index (χ4v) is 3.47. The van der Waals surface area contributed by atoms with Crippen molar-refractivity contribution in [2.24, 2.45) is 0 Å². The number of nitrogens with one attached hydrogen (secondary N) is 1. The quantitative estimate of drug-likeness (QED) is 0.769. The van der Waals surface area contributed by atoms with Crippen molar-refractivity contribution in [1.82, 2.24) is 4.90 Å². The summed E-state index contributed by atoms with van der Waals surface area (Å²) < 4.78 is 16.0. The number of carbonyl (C=O) groups excluding carboxylic acids is 1. The summed E-state index contributed by atoms with van der Waals surface area (Å²) in [7, 11) is 1.82. The van der Waals surface area contributed by atoms with Crippen molar-refractivity contribution in [1.29, 1.82) is 0 Å². The highest BCUT2D eigenvalue weighted by atomic mass is 16.7. The molecule has 2 aromatic rings. The number of carbonyl (C=O) groups is 1. The van der Waals surface area contributed by atoms with Gasteiger partial charge in [0.25, 0.3) is 0 Å². The molecule has 1 amide bonds. The molecule has 2 aliphatic heterocycles. The first-order valence-corrected chi connectivity index (χ1v) is 9.61. The zero-order valence-electron chi connectivity index (χ0n) is 16.4. The number of amides is 1. The summed E-state index contributed by atoms with van der Waals surface area (Å²) in [5, 5.41) is 13.1. The predicted octanol–water partition coefficient (Wildman–Crippen LogP) is 2.03. The Labute approximate surface area is 169 Å². The lowest BCUT2D eigenvalue weighted by Crippen LogP contribution is -2.36. The maximum Gasteiger partial charge on any atom is 0.238 e.